The number of amides is 1. The summed E-state index contributed by atoms with van der Waals surface area (Å²) in [6, 6.07) is 4.40. The molecule has 1 aliphatic rings. The van der Waals surface area contributed by atoms with Gasteiger partial charge in [-0.3, -0.25) is 9.36 Å². The molecule has 1 aliphatic heterocycles. The quantitative estimate of drug-likeness (QED) is 0.819. The van der Waals surface area contributed by atoms with Crippen LogP contribution in [0.5, 0.6) is 0 Å². The Balaban J connectivity index is 1.90. The molecule has 3 rings (SSSR count). The van der Waals surface area contributed by atoms with Crippen molar-refractivity contribution in [3.05, 3.63) is 34.2 Å². The summed E-state index contributed by atoms with van der Waals surface area (Å²) in [4.78, 5) is 27.5. The lowest BCUT2D eigenvalue weighted by Crippen LogP contribution is -2.48. The van der Waals surface area contributed by atoms with Gasteiger partial charge in [0.15, 0.2) is 5.60 Å². The molecule has 0 saturated carbocycles. The molecular weight excluding hydrogens is 315 g/mol. The fourth-order valence-electron chi connectivity index (χ4n) is 2.74. The van der Waals surface area contributed by atoms with Crippen molar-refractivity contribution in [1.29, 1.82) is 0 Å². The number of hydrogen-bond acceptors (Lipinski definition) is 3. The van der Waals surface area contributed by atoms with E-state index in [0.717, 1.165) is 4.90 Å². The minimum absolute atomic E-state index is 0.165. The molecular formula is C14H14F3N3O3. The molecule has 1 saturated heterocycles. The van der Waals surface area contributed by atoms with Crippen LogP contribution < -0.4 is 5.69 Å². The predicted octanol–water partition coefficient (Wildman–Crippen LogP) is 1.01. The van der Waals surface area contributed by atoms with Crippen LogP contribution in [0.4, 0.5) is 13.2 Å². The highest BCUT2D eigenvalue weighted by Crippen LogP contribution is 2.38. The largest absolute Gasteiger partial charge is 0.419 e. The molecule has 1 fully saturated rings. The Bertz CT molecular complexity index is 839. The standard InChI is InChI=1S/C14H14F3N3O3/c1-19-10-6-8(2-3-9(10)18-12(19)22)11(21)20-5-4-13(23,7-20)14(15,16)17/h2-3,6,23H,4-5,7H2,1H3,(H,18,22). The molecule has 0 bridgehead atoms. The maximum Gasteiger partial charge on any atom is 0.419 e. The number of rotatable bonds is 1. The zero-order valence-electron chi connectivity index (χ0n) is 12.1. The Hall–Kier alpha value is -2.29. The summed E-state index contributed by atoms with van der Waals surface area (Å²) in [5.41, 5.74) is -2.04. The fraction of sp³-hybridized carbons (Fsp3) is 0.429. The molecule has 1 unspecified atom stereocenters. The Kier molecular flexibility index (Phi) is 3.29. The lowest BCUT2D eigenvalue weighted by atomic mass is 10.0. The Morgan fingerprint density at radius 3 is 2.70 bits per heavy atom. The molecule has 0 spiro atoms. The molecule has 2 N–H and O–H groups in total. The molecule has 1 aromatic heterocycles. The molecule has 2 aromatic rings. The van der Waals surface area contributed by atoms with E-state index < -0.39 is 30.7 Å². The van der Waals surface area contributed by atoms with Gasteiger partial charge in [0.1, 0.15) is 0 Å². The summed E-state index contributed by atoms with van der Waals surface area (Å²) < 4.78 is 39.8. The number of aromatic nitrogens is 2. The lowest BCUT2D eigenvalue weighted by molar-refractivity contribution is -0.253. The van der Waals surface area contributed by atoms with Gasteiger partial charge in [-0.25, -0.2) is 4.79 Å². The highest BCUT2D eigenvalue weighted by atomic mass is 19.4. The molecule has 1 atom stereocenters. The number of benzene rings is 1. The number of β-amino-alcohol motifs (C(OH)–C–C–N with tert-alkyl or cyclic N) is 1. The number of aryl methyl sites for hydroxylation is 1. The van der Waals surface area contributed by atoms with Gasteiger partial charge in [0.25, 0.3) is 5.91 Å². The van der Waals surface area contributed by atoms with Crippen molar-refractivity contribution >= 4 is 16.9 Å². The minimum Gasteiger partial charge on any atom is -0.379 e. The number of imidazole rings is 1. The number of carbonyl (C=O) groups is 1. The molecule has 124 valence electrons. The summed E-state index contributed by atoms with van der Waals surface area (Å²) in [6.45, 7) is -0.974. The molecule has 1 aromatic carbocycles. The van der Waals surface area contributed by atoms with Gasteiger partial charge in [0, 0.05) is 25.6 Å². The first kappa shape index (κ1) is 15.6. The number of nitrogens with zero attached hydrogens (tertiary/aromatic N) is 2. The van der Waals surface area contributed by atoms with E-state index >= 15 is 0 Å². The zero-order chi connectivity index (χ0) is 17.0. The summed E-state index contributed by atoms with van der Waals surface area (Å²) >= 11 is 0. The number of halogens is 3. The summed E-state index contributed by atoms with van der Waals surface area (Å²) in [6.07, 6.45) is -5.33. The van der Waals surface area contributed by atoms with Crippen molar-refractivity contribution in [3.8, 4) is 0 Å². The second-order valence-corrected chi connectivity index (χ2v) is 5.73. The van der Waals surface area contributed by atoms with Crippen LogP contribution in [0.15, 0.2) is 23.0 Å². The van der Waals surface area contributed by atoms with Crippen LogP contribution in [-0.4, -0.2) is 50.3 Å². The van der Waals surface area contributed by atoms with E-state index in [1.807, 2.05) is 0 Å². The molecule has 9 heteroatoms. The Labute approximate surface area is 128 Å². The third kappa shape index (κ3) is 2.40. The second-order valence-electron chi connectivity index (χ2n) is 5.73. The van der Waals surface area contributed by atoms with E-state index in [2.05, 4.69) is 4.98 Å². The van der Waals surface area contributed by atoms with Crippen LogP contribution in [0.1, 0.15) is 16.8 Å². The molecule has 23 heavy (non-hydrogen) atoms. The maximum atomic E-state index is 12.8. The van der Waals surface area contributed by atoms with Crippen LogP contribution in [0, 0.1) is 0 Å². The SMILES string of the molecule is Cn1c(=O)[nH]c2ccc(C(=O)N3CCC(O)(C(F)(F)F)C3)cc21. The van der Waals surface area contributed by atoms with Crippen LogP contribution >= 0.6 is 0 Å². The van der Waals surface area contributed by atoms with Gasteiger partial charge >= 0.3 is 11.9 Å². The number of hydrogen-bond donors (Lipinski definition) is 2. The molecule has 6 nitrogen and oxygen atoms in total. The second kappa shape index (κ2) is 4.85. The minimum atomic E-state index is -4.78. The Morgan fingerprint density at radius 1 is 1.39 bits per heavy atom. The van der Waals surface area contributed by atoms with Gasteiger partial charge < -0.3 is 15.0 Å². The first-order valence-corrected chi connectivity index (χ1v) is 6.89. The van der Waals surface area contributed by atoms with Gasteiger partial charge in [-0.15, -0.1) is 0 Å². The van der Waals surface area contributed by atoms with E-state index in [9.17, 15) is 27.9 Å². The smallest absolute Gasteiger partial charge is 0.379 e. The first-order chi connectivity index (χ1) is 10.6. The highest BCUT2D eigenvalue weighted by Gasteiger charge is 2.57. The van der Waals surface area contributed by atoms with E-state index in [1.54, 1.807) is 0 Å². The van der Waals surface area contributed by atoms with Crippen molar-refractivity contribution < 1.29 is 23.1 Å². The summed E-state index contributed by atoms with van der Waals surface area (Å²) in [5, 5.41) is 9.64. The average molecular weight is 329 g/mol. The number of H-pyrrole nitrogens is 1. The number of alkyl halides is 3. The number of aliphatic hydroxyl groups is 1. The third-order valence-corrected chi connectivity index (χ3v) is 4.21. The van der Waals surface area contributed by atoms with Gasteiger partial charge in [-0.1, -0.05) is 0 Å². The first-order valence-electron chi connectivity index (χ1n) is 6.89. The number of nitrogens with one attached hydrogen (secondary N) is 1. The fourth-order valence-corrected chi connectivity index (χ4v) is 2.74. The monoisotopic (exact) mass is 329 g/mol. The van der Waals surface area contributed by atoms with Crippen molar-refractivity contribution in [1.82, 2.24) is 14.5 Å². The van der Waals surface area contributed by atoms with E-state index in [-0.39, 0.29) is 17.8 Å². The van der Waals surface area contributed by atoms with Gasteiger partial charge in [0.05, 0.1) is 17.6 Å². The van der Waals surface area contributed by atoms with Crippen LogP contribution in [-0.2, 0) is 7.05 Å². The number of aromatic amines is 1. The molecule has 0 radical (unpaired) electrons. The van der Waals surface area contributed by atoms with Gasteiger partial charge in [-0.05, 0) is 18.2 Å². The van der Waals surface area contributed by atoms with Crippen LogP contribution in [0.2, 0.25) is 0 Å². The van der Waals surface area contributed by atoms with Crippen molar-refractivity contribution in [2.24, 2.45) is 7.05 Å². The lowest BCUT2D eigenvalue weighted by Gasteiger charge is -2.25. The number of carbonyl (C=O) groups excluding carboxylic acids is 1. The van der Waals surface area contributed by atoms with E-state index in [0.29, 0.717) is 11.0 Å². The number of likely N-dealkylation sites (tertiary alicyclic amines) is 1. The average Bonchev–Trinajstić information content (AvgIpc) is 3.01. The summed E-state index contributed by atoms with van der Waals surface area (Å²) in [7, 11) is 1.52. The van der Waals surface area contributed by atoms with Crippen molar-refractivity contribution in [2.75, 3.05) is 13.1 Å². The van der Waals surface area contributed by atoms with E-state index in [4.69, 9.17) is 0 Å². The van der Waals surface area contributed by atoms with Crippen molar-refractivity contribution in [2.45, 2.75) is 18.2 Å². The van der Waals surface area contributed by atoms with Gasteiger partial charge in [0.2, 0.25) is 0 Å². The maximum absolute atomic E-state index is 12.8. The topological polar surface area (TPSA) is 78.3 Å². The number of fused-ring (bicyclic) bond motifs is 1. The highest BCUT2D eigenvalue weighted by molar-refractivity contribution is 5.97. The molecule has 2 heterocycles. The zero-order valence-corrected chi connectivity index (χ0v) is 12.1. The normalized spacial score (nSPS) is 22.0. The van der Waals surface area contributed by atoms with Crippen LogP contribution in [0.3, 0.4) is 0 Å². The Morgan fingerprint density at radius 2 is 2.09 bits per heavy atom. The predicted molar refractivity (Wildman–Crippen MR) is 75.1 cm³/mol. The summed E-state index contributed by atoms with van der Waals surface area (Å²) in [5.74, 6) is -0.610. The molecule has 0 aliphatic carbocycles. The molecule has 1 amide bonds. The van der Waals surface area contributed by atoms with Gasteiger partial charge in [-0.2, -0.15) is 13.2 Å². The van der Waals surface area contributed by atoms with Crippen molar-refractivity contribution in [3.63, 3.8) is 0 Å². The third-order valence-electron chi connectivity index (χ3n) is 4.21. The van der Waals surface area contributed by atoms with Crippen LogP contribution in [0.25, 0.3) is 11.0 Å². The van der Waals surface area contributed by atoms with E-state index in [1.165, 1.54) is 29.8 Å².